The first-order chi connectivity index (χ1) is 13.3. The molecule has 0 radical (unpaired) electrons. The van der Waals surface area contributed by atoms with Gasteiger partial charge in [0.25, 0.3) is 5.69 Å². The third-order valence-corrected chi connectivity index (χ3v) is 4.88. The summed E-state index contributed by atoms with van der Waals surface area (Å²) >= 11 is 0. The number of amides is 2. The van der Waals surface area contributed by atoms with Gasteiger partial charge in [-0.05, 0) is 33.3 Å². The van der Waals surface area contributed by atoms with E-state index in [1.807, 2.05) is 13.8 Å². The molecule has 0 aromatic heterocycles. The molecule has 0 unspecified atom stereocenters. The summed E-state index contributed by atoms with van der Waals surface area (Å²) in [5.41, 5.74) is 0.740. The number of ether oxygens (including phenoxy) is 1. The fraction of sp³-hybridized carbons (Fsp3) is 0.474. The number of carbonyl (C=O) groups excluding carboxylic acids is 2. The Morgan fingerprint density at radius 1 is 1.43 bits per heavy atom. The van der Waals surface area contributed by atoms with Crippen LogP contribution in [0.1, 0.15) is 39.2 Å². The average Bonchev–Trinajstić information content (AvgIpc) is 3.06. The van der Waals surface area contributed by atoms with E-state index < -0.39 is 10.5 Å². The molecule has 2 aliphatic rings. The van der Waals surface area contributed by atoms with Gasteiger partial charge in [-0.15, -0.1) is 0 Å². The van der Waals surface area contributed by atoms with Crippen LogP contribution in [-0.2, 0) is 14.4 Å². The van der Waals surface area contributed by atoms with E-state index in [1.54, 1.807) is 17.9 Å². The van der Waals surface area contributed by atoms with Crippen LogP contribution in [0.4, 0.5) is 5.69 Å². The van der Waals surface area contributed by atoms with Gasteiger partial charge in [0, 0.05) is 36.2 Å². The van der Waals surface area contributed by atoms with E-state index in [2.05, 4.69) is 0 Å². The second kappa shape index (κ2) is 7.59. The number of hydrogen-bond donors (Lipinski definition) is 0. The summed E-state index contributed by atoms with van der Waals surface area (Å²) in [6.07, 6.45) is 1.67. The first-order valence-corrected chi connectivity index (χ1v) is 9.15. The number of hydroxylamine groups is 2. The minimum absolute atomic E-state index is 0.0586. The maximum Gasteiger partial charge on any atom is 0.270 e. The minimum Gasteiger partial charge on any atom is -0.483 e. The standard InChI is InChI=1S/C19H23N3O6/c1-4-27-20(12-23)11-15-18(21-9-5-6-17(21)24)14-10-13(22(25)26)7-8-16(14)28-19(15,2)3/h7-8,10,12H,4-6,9,11H2,1-3H3. The van der Waals surface area contributed by atoms with Crippen LogP contribution in [-0.4, -0.2) is 52.5 Å². The highest BCUT2D eigenvalue weighted by Gasteiger charge is 2.41. The van der Waals surface area contributed by atoms with E-state index in [1.165, 1.54) is 12.1 Å². The van der Waals surface area contributed by atoms with Crippen molar-refractivity contribution in [3.8, 4) is 5.75 Å². The number of rotatable bonds is 7. The molecule has 0 spiro atoms. The van der Waals surface area contributed by atoms with Crippen molar-refractivity contribution in [3.05, 3.63) is 39.4 Å². The second-order valence-corrected chi connectivity index (χ2v) is 7.12. The lowest BCUT2D eigenvalue weighted by Gasteiger charge is -2.40. The molecule has 1 aromatic rings. The summed E-state index contributed by atoms with van der Waals surface area (Å²) in [6, 6.07) is 4.34. The number of carbonyl (C=O) groups is 2. The molecular formula is C19H23N3O6. The number of hydrogen-bond acceptors (Lipinski definition) is 6. The molecule has 1 fully saturated rings. The fourth-order valence-electron chi connectivity index (χ4n) is 3.58. The topological polar surface area (TPSA) is 102 Å². The van der Waals surface area contributed by atoms with Crippen molar-refractivity contribution >= 4 is 23.7 Å². The highest BCUT2D eigenvalue weighted by molar-refractivity contribution is 5.92. The largest absolute Gasteiger partial charge is 0.483 e. The van der Waals surface area contributed by atoms with Crippen molar-refractivity contribution in [2.45, 2.75) is 39.2 Å². The van der Waals surface area contributed by atoms with Gasteiger partial charge in [0.2, 0.25) is 12.3 Å². The predicted molar refractivity (Wildman–Crippen MR) is 100 cm³/mol. The van der Waals surface area contributed by atoms with Gasteiger partial charge in [-0.25, -0.2) is 5.06 Å². The summed E-state index contributed by atoms with van der Waals surface area (Å²) in [7, 11) is 0. The first kappa shape index (κ1) is 19.8. The van der Waals surface area contributed by atoms with Crippen LogP contribution >= 0.6 is 0 Å². The van der Waals surface area contributed by atoms with Gasteiger partial charge < -0.3 is 9.64 Å². The van der Waals surface area contributed by atoms with Crippen molar-refractivity contribution < 1.29 is 24.1 Å². The molecule has 0 N–H and O–H groups in total. The Morgan fingerprint density at radius 2 is 2.18 bits per heavy atom. The predicted octanol–water partition coefficient (Wildman–Crippen LogP) is 2.51. The monoisotopic (exact) mass is 389 g/mol. The Kier molecular flexibility index (Phi) is 5.37. The lowest BCUT2D eigenvalue weighted by Crippen LogP contribution is -2.43. The normalized spacial score (nSPS) is 18.0. The molecular weight excluding hydrogens is 366 g/mol. The van der Waals surface area contributed by atoms with Gasteiger partial charge >= 0.3 is 0 Å². The Balaban J connectivity index is 2.21. The van der Waals surface area contributed by atoms with E-state index in [0.717, 1.165) is 5.06 Å². The van der Waals surface area contributed by atoms with Crippen LogP contribution in [0, 0.1) is 10.1 Å². The molecule has 1 saturated heterocycles. The molecule has 2 aliphatic heterocycles. The van der Waals surface area contributed by atoms with Crippen molar-refractivity contribution in [2.75, 3.05) is 19.7 Å². The summed E-state index contributed by atoms with van der Waals surface area (Å²) in [5.74, 6) is 0.403. The average molecular weight is 389 g/mol. The number of fused-ring (bicyclic) bond motifs is 1. The third-order valence-electron chi connectivity index (χ3n) is 4.88. The molecule has 0 saturated carbocycles. The zero-order chi connectivity index (χ0) is 20.5. The Hall–Kier alpha value is -2.94. The van der Waals surface area contributed by atoms with Crippen molar-refractivity contribution in [2.24, 2.45) is 0 Å². The third kappa shape index (κ3) is 3.57. The quantitative estimate of drug-likeness (QED) is 0.403. The van der Waals surface area contributed by atoms with Crippen LogP contribution in [0.25, 0.3) is 5.70 Å². The van der Waals surface area contributed by atoms with E-state index in [0.29, 0.717) is 55.0 Å². The molecule has 2 amide bonds. The molecule has 3 rings (SSSR count). The maximum absolute atomic E-state index is 12.5. The summed E-state index contributed by atoms with van der Waals surface area (Å²) in [5, 5.41) is 12.4. The lowest BCUT2D eigenvalue weighted by molar-refractivity contribution is -0.384. The van der Waals surface area contributed by atoms with Crippen LogP contribution in [0.5, 0.6) is 5.75 Å². The highest BCUT2D eigenvalue weighted by Crippen LogP contribution is 2.45. The molecule has 0 aliphatic carbocycles. The van der Waals surface area contributed by atoms with Gasteiger partial charge in [-0.2, -0.15) is 0 Å². The molecule has 0 bridgehead atoms. The van der Waals surface area contributed by atoms with Crippen LogP contribution in [0.2, 0.25) is 0 Å². The zero-order valence-electron chi connectivity index (χ0n) is 16.1. The van der Waals surface area contributed by atoms with Crippen molar-refractivity contribution in [1.82, 2.24) is 9.96 Å². The zero-order valence-corrected chi connectivity index (χ0v) is 16.1. The van der Waals surface area contributed by atoms with E-state index in [4.69, 9.17) is 9.57 Å². The number of likely N-dealkylation sites (tertiary alicyclic amines) is 1. The summed E-state index contributed by atoms with van der Waals surface area (Å²) < 4.78 is 6.10. The number of non-ortho nitro benzene ring substituents is 1. The summed E-state index contributed by atoms with van der Waals surface area (Å²) in [4.78, 5) is 41.8. The fourth-order valence-corrected chi connectivity index (χ4v) is 3.58. The number of benzene rings is 1. The molecule has 9 heteroatoms. The van der Waals surface area contributed by atoms with Gasteiger partial charge in [-0.1, -0.05) is 0 Å². The molecule has 150 valence electrons. The van der Waals surface area contributed by atoms with Gasteiger partial charge in [0.05, 0.1) is 23.8 Å². The van der Waals surface area contributed by atoms with E-state index >= 15 is 0 Å². The molecule has 9 nitrogen and oxygen atoms in total. The minimum atomic E-state index is -0.848. The smallest absolute Gasteiger partial charge is 0.270 e. The van der Waals surface area contributed by atoms with Gasteiger partial charge in [0.15, 0.2) is 0 Å². The maximum atomic E-state index is 12.5. The van der Waals surface area contributed by atoms with Crippen LogP contribution in [0.3, 0.4) is 0 Å². The lowest BCUT2D eigenvalue weighted by atomic mass is 9.88. The Labute approximate surface area is 162 Å². The van der Waals surface area contributed by atoms with E-state index in [9.17, 15) is 19.7 Å². The number of nitro groups is 1. The molecule has 1 aromatic carbocycles. The molecule has 0 atom stereocenters. The number of nitrogens with zero attached hydrogens (tertiary/aromatic N) is 3. The van der Waals surface area contributed by atoms with E-state index in [-0.39, 0.29) is 18.1 Å². The van der Waals surface area contributed by atoms with Crippen LogP contribution in [0.15, 0.2) is 23.8 Å². The van der Waals surface area contributed by atoms with Crippen molar-refractivity contribution in [1.29, 1.82) is 0 Å². The SMILES string of the molecule is CCON(C=O)CC1=C(N2CCCC2=O)c2cc([N+](=O)[O-])ccc2OC1(C)C. The first-order valence-electron chi connectivity index (χ1n) is 9.15. The molecule has 28 heavy (non-hydrogen) atoms. The Bertz CT molecular complexity index is 848. The summed E-state index contributed by atoms with van der Waals surface area (Å²) in [6.45, 7) is 6.31. The number of nitro benzene ring substituents is 1. The van der Waals surface area contributed by atoms with Crippen LogP contribution < -0.4 is 4.74 Å². The van der Waals surface area contributed by atoms with Gasteiger partial charge in [-0.3, -0.25) is 24.5 Å². The molecule has 2 heterocycles. The Morgan fingerprint density at radius 3 is 2.75 bits per heavy atom. The highest BCUT2D eigenvalue weighted by atomic mass is 16.7. The second-order valence-electron chi connectivity index (χ2n) is 7.12. The van der Waals surface area contributed by atoms with Crippen molar-refractivity contribution in [3.63, 3.8) is 0 Å². The van der Waals surface area contributed by atoms with Gasteiger partial charge in [0.1, 0.15) is 11.4 Å².